The molecule has 0 aliphatic carbocycles. The molecule has 0 aliphatic rings. The summed E-state index contributed by atoms with van der Waals surface area (Å²) in [7, 11) is -1.04. The van der Waals surface area contributed by atoms with Crippen LogP contribution in [0.15, 0.2) is 57.7 Å². The summed E-state index contributed by atoms with van der Waals surface area (Å²) >= 11 is 0. The second kappa shape index (κ2) is 16.0. The van der Waals surface area contributed by atoms with E-state index in [1.54, 1.807) is 18.2 Å². The van der Waals surface area contributed by atoms with E-state index < -0.39 is 63.6 Å². The van der Waals surface area contributed by atoms with Crippen molar-refractivity contribution in [1.29, 1.82) is 0 Å². The first-order chi connectivity index (χ1) is 21.0. The van der Waals surface area contributed by atoms with Crippen molar-refractivity contribution in [3.05, 3.63) is 75.9 Å². The minimum absolute atomic E-state index is 0.0508. The van der Waals surface area contributed by atoms with Crippen molar-refractivity contribution >= 4 is 43.2 Å². The van der Waals surface area contributed by atoms with Gasteiger partial charge in [0.15, 0.2) is 0 Å². The summed E-state index contributed by atoms with van der Waals surface area (Å²) in [5, 5.41) is 3.12. The Bertz CT molecular complexity index is 1550. The number of carbonyl (C=O) groups excluding carboxylic acids is 3. The van der Waals surface area contributed by atoms with Gasteiger partial charge in [0.2, 0.25) is 6.79 Å². The molecule has 2 aromatic carbocycles. The van der Waals surface area contributed by atoms with Crippen LogP contribution in [0.25, 0.3) is 11.0 Å². The number of benzene rings is 2. The Hall–Kier alpha value is -4.23. The van der Waals surface area contributed by atoms with Crippen LogP contribution < -0.4 is 15.8 Å². The van der Waals surface area contributed by atoms with Crippen LogP contribution in [0.3, 0.4) is 0 Å². The van der Waals surface area contributed by atoms with E-state index in [9.17, 15) is 28.1 Å². The van der Waals surface area contributed by atoms with Gasteiger partial charge in [-0.25, -0.2) is 13.8 Å². The van der Waals surface area contributed by atoms with E-state index in [-0.39, 0.29) is 12.0 Å². The molecule has 2 unspecified atom stereocenters. The van der Waals surface area contributed by atoms with Gasteiger partial charge in [-0.15, -0.1) is 0 Å². The maximum atomic E-state index is 13.9. The molecule has 15 heteroatoms. The summed E-state index contributed by atoms with van der Waals surface area (Å²) in [5.41, 5.74) is 0.353. The molecule has 0 bridgehead atoms. The van der Waals surface area contributed by atoms with Gasteiger partial charge in [-0.3, -0.25) is 23.9 Å². The molecule has 0 saturated carbocycles. The van der Waals surface area contributed by atoms with Crippen LogP contribution in [0.1, 0.15) is 43.6 Å². The van der Waals surface area contributed by atoms with Crippen molar-refractivity contribution in [3.8, 4) is 0 Å². The summed E-state index contributed by atoms with van der Waals surface area (Å²) in [6.45, 7) is 6.16. The molecule has 0 aliphatic heterocycles. The van der Waals surface area contributed by atoms with Crippen molar-refractivity contribution in [2.24, 2.45) is 0 Å². The summed E-state index contributed by atoms with van der Waals surface area (Å²) in [5.74, 6) is -3.13. The van der Waals surface area contributed by atoms with Gasteiger partial charge in [0, 0.05) is 44.1 Å². The van der Waals surface area contributed by atoms with E-state index in [1.165, 1.54) is 24.3 Å². The van der Waals surface area contributed by atoms with Gasteiger partial charge in [-0.1, -0.05) is 12.1 Å². The zero-order valence-corrected chi connectivity index (χ0v) is 25.4. The van der Waals surface area contributed by atoms with Crippen LogP contribution in [0.2, 0.25) is 0 Å². The number of rotatable bonds is 16. The number of amides is 1. The number of halogens is 1. The number of esters is 2. The summed E-state index contributed by atoms with van der Waals surface area (Å²) < 4.78 is 55.8. The third-order valence-corrected chi connectivity index (χ3v) is 6.47. The predicted octanol–water partition coefficient (Wildman–Crippen LogP) is 4.07. The topological polar surface area (TPSA) is 160 Å². The van der Waals surface area contributed by atoms with Crippen molar-refractivity contribution in [2.75, 3.05) is 31.4 Å². The van der Waals surface area contributed by atoms with Crippen molar-refractivity contribution in [1.82, 2.24) is 5.32 Å². The highest BCUT2D eigenvalue weighted by molar-refractivity contribution is 7.17. The minimum Gasteiger partial charge on any atom is -0.438 e. The fraction of sp³-hybridized carbons (Fsp3) is 0.379. The van der Waals surface area contributed by atoms with Crippen LogP contribution in [0.4, 0.5) is 10.1 Å². The van der Waals surface area contributed by atoms with Gasteiger partial charge in [-0.2, -0.15) is 4.52 Å². The number of ether oxygens (including phenoxy) is 4. The van der Waals surface area contributed by atoms with Crippen LogP contribution in [0.5, 0.6) is 0 Å². The first-order valence-corrected chi connectivity index (χ1v) is 14.2. The Morgan fingerprint density at radius 2 is 1.80 bits per heavy atom. The second-order valence-electron chi connectivity index (χ2n) is 9.31. The number of fused-ring (bicyclic) bond motifs is 1. The normalized spacial score (nSPS) is 13.2. The van der Waals surface area contributed by atoms with E-state index in [4.69, 9.17) is 23.2 Å². The molecule has 3 aromatic rings. The fourth-order valence-corrected chi connectivity index (χ4v) is 4.42. The Labute approximate surface area is 253 Å². The van der Waals surface area contributed by atoms with Gasteiger partial charge in [0.05, 0.1) is 12.6 Å². The standard InChI is InChI=1S/C29H32FN2O11P/c1-5-32(6-2)24-11-10-21-14-25(28(36)41-26(21)15-24)27(35)31-23(13-20-8-7-9-22(30)12-20)16-39-29(43-44-37,42-19(4)34)40-17-38-18(3)33/h7-12,14-15,23H,5-6,13,16-17H2,1-4H3,(H,31,35). The van der Waals surface area contributed by atoms with E-state index in [1.807, 2.05) is 19.9 Å². The molecule has 236 valence electrons. The molecule has 0 spiro atoms. The van der Waals surface area contributed by atoms with Gasteiger partial charge in [-0.05, 0) is 56.2 Å². The smallest absolute Gasteiger partial charge is 0.438 e. The molecular formula is C29H32FN2O11P. The highest BCUT2D eigenvalue weighted by Gasteiger charge is 2.41. The molecule has 1 amide bonds. The Morgan fingerprint density at radius 1 is 1.05 bits per heavy atom. The lowest BCUT2D eigenvalue weighted by molar-refractivity contribution is -0.462. The van der Waals surface area contributed by atoms with Crippen LogP contribution in [-0.2, 0) is 44.0 Å². The lowest BCUT2D eigenvalue weighted by Crippen LogP contribution is -2.48. The van der Waals surface area contributed by atoms with Crippen molar-refractivity contribution in [2.45, 2.75) is 46.3 Å². The molecule has 13 nitrogen and oxygen atoms in total. The van der Waals surface area contributed by atoms with Crippen molar-refractivity contribution < 1.29 is 51.2 Å². The Morgan fingerprint density at radius 3 is 2.43 bits per heavy atom. The van der Waals surface area contributed by atoms with Crippen LogP contribution in [-0.4, -0.2) is 56.5 Å². The van der Waals surface area contributed by atoms with Crippen LogP contribution >= 0.6 is 8.69 Å². The molecule has 3 rings (SSSR count). The highest BCUT2D eigenvalue weighted by atomic mass is 31.1. The summed E-state index contributed by atoms with van der Waals surface area (Å²) in [6, 6.07) is 11.1. The first kappa shape index (κ1) is 34.3. The first-order valence-electron chi connectivity index (χ1n) is 13.5. The zero-order chi connectivity index (χ0) is 32.3. The largest absolute Gasteiger partial charge is 0.476 e. The Balaban J connectivity index is 1.91. The third-order valence-electron chi connectivity index (χ3n) is 6.18. The maximum absolute atomic E-state index is 13.9. The lowest BCUT2D eigenvalue weighted by Gasteiger charge is -2.29. The number of carbonyl (C=O) groups is 3. The minimum atomic E-state index is -2.76. The maximum Gasteiger partial charge on any atom is 0.476 e. The molecule has 1 heterocycles. The molecule has 0 saturated heterocycles. The summed E-state index contributed by atoms with van der Waals surface area (Å²) in [4.78, 5) is 51.2. The molecule has 0 radical (unpaired) electrons. The number of hydrogen-bond donors (Lipinski definition) is 1. The lowest BCUT2D eigenvalue weighted by atomic mass is 10.1. The average Bonchev–Trinajstić information content (AvgIpc) is 2.95. The quantitative estimate of drug-likeness (QED) is 0.104. The number of nitrogens with one attached hydrogen (secondary N) is 1. The molecule has 44 heavy (non-hydrogen) atoms. The van der Waals surface area contributed by atoms with E-state index >= 15 is 0 Å². The number of nitrogens with zero attached hydrogens (tertiary/aromatic N) is 1. The third kappa shape index (κ3) is 9.64. The predicted molar refractivity (Wildman–Crippen MR) is 154 cm³/mol. The van der Waals surface area contributed by atoms with Gasteiger partial charge < -0.3 is 24.1 Å². The molecule has 2 atom stereocenters. The SMILES string of the molecule is CCN(CC)c1ccc2cc(C(=O)NC(COC(OCOC(C)=O)(OP=O)OC(C)=O)Cc3cccc(F)c3)c(=O)oc2c1. The molecular weight excluding hydrogens is 602 g/mol. The van der Waals surface area contributed by atoms with Gasteiger partial charge >= 0.3 is 32.4 Å². The molecule has 1 aromatic heterocycles. The van der Waals surface area contributed by atoms with Gasteiger partial charge in [0.1, 0.15) is 17.0 Å². The zero-order valence-electron chi connectivity index (χ0n) is 24.5. The van der Waals surface area contributed by atoms with E-state index in [0.717, 1.165) is 32.6 Å². The van der Waals surface area contributed by atoms with Gasteiger partial charge in [0.25, 0.3) is 5.91 Å². The summed E-state index contributed by atoms with van der Waals surface area (Å²) in [6.07, 6.45) is -2.81. The average molecular weight is 635 g/mol. The fourth-order valence-electron chi connectivity index (χ4n) is 4.19. The van der Waals surface area contributed by atoms with Crippen LogP contribution in [0, 0.1) is 5.82 Å². The van der Waals surface area contributed by atoms with E-state index in [2.05, 4.69) is 15.0 Å². The van der Waals surface area contributed by atoms with E-state index in [0.29, 0.717) is 16.5 Å². The number of anilines is 1. The monoisotopic (exact) mass is 634 g/mol. The number of hydrogen-bond acceptors (Lipinski definition) is 12. The molecule has 1 N–H and O–H groups in total. The highest BCUT2D eigenvalue weighted by Crippen LogP contribution is 2.25. The Kier molecular flexibility index (Phi) is 12.5. The van der Waals surface area contributed by atoms with Crippen molar-refractivity contribution in [3.63, 3.8) is 0 Å². The second-order valence-corrected chi connectivity index (χ2v) is 9.65. The molecule has 0 fully saturated rings.